The van der Waals surface area contributed by atoms with Crippen LogP contribution in [0.25, 0.3) is 21.3 Å². The van der Waals surface area contributed by atoms with Crippen molar-refractivity contribution in [3.8, 4) is 23.0 Å². The molecule has 1 N–H and O–H groups in total. The number of carbonyl (C=O) groups excluding carboxylic acids is 1. The lowest BCUT2D eigenvalue weighted by Crippen LogP contribution is -2.56. The second-order valence-corrected chi connectivity index (χ2v) is 13.4. The van der Waals surface area contributed by atoms with Crippen molar-refractivity contribution in [1.29, 1.82) is 0 Å². The number of hydrogen-bond acceptors (Lipinski definition) is 11. The standard InChI is InChI=1S/C29H35N7O6S2/c1-5-23-22(16-30-27(31-23)35-11-9-19(10-12-35)26(37)38)21-14-20(8-7-13-42-44(4,40)41)25-24(15-21)32-28(43-25)36-18-33(3)17-34(6-2)29(36)39/h14-16,19H,5-6,9-13,17-18H2,1-4H3,(H,37,38). The average Bonchev–Trinajstić information content (AvgIpc) is 3.43. The Balaban J connectivity index is 1.53. The number of nitrogens with zero attached hydrogens (tertiary/aromatic N) is 7. The molecule has 234 valence electrons. The summed E-state index contributed by atoms with van der Waals surface area (Å²) in [6.45, 7) is 6.28. The number of piperidine rings is 1. The fourth-order valence-corrected chi connectivity index (χ4v) is 6.57. The van der Waals surface area contributed by atoms with Crippen LogP contribution in [0.15, 0.2) is 18.3 Å². The van der Waals surface area contributed by atoms with Gasteiger partial charge in [-0.3, -0.25) is 18.8 Å². The molecular formula is C29H35N7O6S2. The summed E-state index contributed by atoms with van der Waals surface area (Å²) in [5.74, 6) is 5.30. The normalized spacial score (nSPS) is 16.8. The van der Waals surface area contributed by atoms with E-state index in [1.54, 1.807) is 16.0 Å². The van der Waals surface area contributed by atoms with Gasteiger partial charge in [-0.2, -0.15) is 8.42 Å². The number of rotatable bonds is 8. The second kappa shape index (κ2) is 13.0. The monoisotopic (exact) mass is 641 g/mol. The molecule has 0 aliphatic carbocycles. The Hall–Kier alpha value is -3.84. The zero-order valence-corrected chi connectivity index (χ0v) is 26.7. The van der Waals surface area contributed by atoms with E-state index in [1.165, 1.54) is 11.3 Å². The van der Waals surface area contributed by atoms with Crippen LogP contribution >= 0.6 is 11.3 Å². The van der Waals surface area contributed by atoms with Crippen LogP contribution in [-0.4, -0.2) is 103 Å². The molecule has 2 fully saturated rings. The van der Waals surface area contributed by atoms with E-state index in [1.807, 2.05) is 42.8 Å². The zero-order valence-electron chi connectivity index (χ0n) is 25.1. The lowest BCUT2D eigenvalue weighted by Gasteiger charge is -2.38. The van der Waals surface area contributed by atoms with Crippen LogP contribution in [-0.2, 0) is 25.5 Å². The summed E-state index contributed by atoms with van der Waals surface area (Å²) in [4.78, 5) is 46.3. The first-order valence-electron chi connectivity index (χ1n) is 14.3. The fraction of sp³-hybridized carbons (Fsp3) is 0.483. The predicted molar refractivity (Wildman–Crippen MR) is 168 cm³/mol. The van der Waals surface area contributed by atoms with E-state index in [2.05, 4.69) is 16.8 Å². The maximum absolute atomic E-state index is 13.2. The Labute approximate surface area is 260 Å². The van der Waals surface area contributed by atoms with Crippen molar-refractivity contribution in [1.82, 2.24) is 24.8 Å². The molecule has 0 spiro atoms. The number of carbonyl (C=O) groups is 2. The van der Waals surface area contributed by atoms with Crippen LogP contribution in [0.1, 0.15) is 37.9 Å². The Morgan fingerprint density at radius 3 is 2.59 bits per heavy atom. The van der Waals surface area contributed by atoms with E-state index in [4.69, 9.17) is 14.2 Å². The third kappa shape index (κ3) is 6.94. The van der Waals surface area contributed by atoms with Crippen molar-refractivity contribution in [3.05, 3.63) is 29.6 Å². The smallest absolute Gasteiger partial charge is 0.328 e. The van der Waals surface area contributed by atoms with Crippen molar-refractivity contribution in [3.63, 3.8) is 0 Å². The van der Waals surface area contributed by atoms with E-state index in [9.17, 15) is 23.1 Å². The Bertz CT molecular complexity index is 1740. The highest BCUT2D eigenvalue weighted by molar-refractivity contribution is 7.86. The molecule has 44 heavy (non-hydrogen) atoms. The molecule has 2 saturated heterocycles. The lowest BCUT2D eigenvalue weighted by molar-refractivity contribution is -0.142. The van der Waals surface area contributed by atoms with E-state index in [0.29, 0.717) is 74.4 Å². The summed E-state index contributed by atoms with van der Waals surface area (Å²) < 4.78 is 28.5. The Morgan fingerprint density at radius 1 is 1.18 bits per heavy atom. The number of aromatic nitrogens is 3. The van der Waals surface area contributed by atoms with Gasteiger partial charge >= 0.3 is 12.0 Å². The van der Waals surface area contributed by atoms with Crippen LogP contribution in [0.5, 0.6) is 0 Å². The highest BCUT2D eigenvalue weighted by atomic mass is 32.2. The average molecular weight is 642 g/mol. The van der Waals surface area contributed by atoms with Gasteiger partial charge in [0.05, 0.1) is 41.4 Å². The molecule has 0 bridgehead atoms. The summed E-state index contributed by atoms with van der Waals surface area (Å²) in [6.07, 6.45) is 4.45. The maximum Gasteiger partial charge on any atom is 0.328 e. The summed E-state index contributed by atoms with van der Waals surface area (Å²) >= 11 is 1.35. The number of aliphatic carboxylic acids is 1. The third-order valence-corrected chi connectivity index (χ3v) is 9.26. The molecule has 5 rings (SSSR count). The van der Waals surface area contributed by atoms with E-state index < -0.39 is 16.1 Å². The Morgan fingerprint density at radius 2 is 1.93 bits per heavy atom. The number of carboxylic acids is 1. The van der Waals surface area contributed by atoms with Gasteiger partial charge in [0.25, 0.3) is 10.1 Å². The van der Waals surface area contributed by atoms with Gasteiger partial charge in [-0.1, -0.05) is 30.1 Å². The van der Waals surface area contributed by atoms with E-state index in [-0.39, 0.29) is 18.6 Å². The molecule has 2 amide bonds. The van der Waals surface area contributed by atoms with Gasteiger partial charge in [0.15, 0.2) is 5.13 Å². The predicted octanol–water partition coefficient (Wildman–Crippen LogP) is 3.05. The minimum absolute atomic E-state index is 0.122. The van der Waals surface area contributed by atoms with Gasteiger partial charge in [-0.05, 0) is 50.9 Å². The van der Waals surface area contributed by atoms with Crippen LogP contribution in [0.2, 0.25) is 0 Å². The molecule has 2 aromatic heterocycles. The number of fused-ring (bicyclic) bond motifs is 1. The summed E-state index contributed by atoms with van der Waals surface area (Å²) in [5.41, 5.74) is 3.66. The number of benzene rings is 1. The summed E-state index contributed by atoms with van der Waals surface area (Å²) in [6, 6.07) is 3.71. The summed E-state index contributed by atoms with van der Waals surface area (Å²) in [5, 5.41) is 9.88. The Kier molecular flexibility index (Phi) is 9.35. The molecule has 1 aromatic carbocycles. The molecule has 0 radical (unpaired) electrons. The number of hydrogen-bond donors (Lipinski definition) is 1. The number of amides is 2. The van der Waals surface area contributed by atoms with Gasteiger partial charge in [0, 0.05) is 37.0 Å². The molecule has 2 aliphatic rings. The van der Waals surface area contributed by atoms with Gasteiger partial charge in [-0.25, -0.2) is 19.7 Å². The molecule has 0 atom stereocenters. The molecule has 0 saturated carbocycles. The van der Waals surface area contributed by atoms with Crippen molar-refractivity contribution >= 4 is 54.8 Å². The molecular weight excluding hydrogens is 606 g/mol. The van der Waals surface area contributed by atoms with Crippen molar-refractivity contribution in [2.45, 2.75) is 33.1 Å². The third-order valence-electron chi connectivity index (χ3n) is 7.58. The lowest BCUT2D eigenvalue weighted by atomic mass is 9.97. The highest BCUT2D eigenvalue weighted by Crippen LogP contribution is 2.37. The molecule has 3 aromatic rings. The second-order valence-electron chi connectivity index (χ2n) is 10.8. The number of thiazole rings is 1. The quantitative estimate of drug-likeness (QED) is 0.286. The fourth-order valence-electron chi connectivity index (χ4n) is 5.30. The van der Waals surface area contributed by atoms with Crippen molar-refractivity contribution < 1.29 is 27.3 Å². The van der Waals surface area contributed by atoms with Gasteiger partial charge in [-0.15, -0.1) is 0 Å². The van der Waals surface area contributed by atoms with E-state index in [0.717, 1.165) is 27.8 Å². The first-order valence-corrected chi connectivity index (χ1v) is 17.0. The first kappa shape index (κ1) is 31.6. The maximum atomic E-state index is 13.2. The van der Waals surface area contributed by atoms with Crippen LogP contribution in [0.4, 0.5) is 15.9 Å². The summed E-state index contributed by atoms with van der Waals surface area (Å²) in [7, 11) is -1.71. The molecule has 0 unspecified atom stereocenters. The van der Waals surface area contributed by atoms with Crippen LogP contribution in [0.3, 0.4) is 0 Å². The highest BCUT2D eigenvalue weighted by Gasteiger charge is 2.31. The number of anilines is 2. The molecule has 4 heterocycles. The van der Waals surface area contributed by atoms with Crippen LogP contribution in [0, 0.1) is 17.8 Å². The SMILES string of the molecule is CCc1nc(N2CCC(C(=O)O)CC2)ncc1-c1cc(C#CCOS(C)(=O)=O)c2sc(N3CN(C)CN(CC)C3=O)nc2c1. The van der Waals surface area contributed by atoms with Gasteiger partial charge in [0.1, 0.15) is 6.61 Å². The molecule has 2 aliphatic heterocycles. The zero-order chi connectivity index (χ0) is 31.6. The number of carboxylic acid groups (broad SMARTS) is 1. The molecule has 13 nitrogen and oxygen atoms in total. The van der Waals surface area contributed by atoms with Gasteiger partial charge in [0.2, 0.25) is 5.95 Å². The van der Waals surface area contributed by atoms with Gasteiger partial charge < -0.3 is 14.9 Å². The minimum Gasteiger partial charge on any atom is -0.481 e. The minimum atomic E-state index is -3.65. The van der Waals surface area contributed by atoms with Crippen molar-refractivity contribution in [2.24, 2.45) is 5.92 Å². The number of aryl methyl sites for hydroxylation is 1. The molecule has 15 heteroatoms. The van der Waals surface area contributed by atoms with Crippen LogP contribution < -0.4 is 9.80 Å². The van der Waals surface area contributed by atoms with Crippen molar-refractivity contribution in [2.75, 3.05) is 62.7 Å². The topological polar surface area (TPSA) is 149 Å². The largest absolute Gasteiger partial charge is 0.481 e. The first-order chi connectivity index (χ1) is 21.0. The van der Waals surface area contributed by atoms with E-state index >= 15 is 0 Å². The number of urea groups is 1.